The lowest BCUT2D eigenvalue weighted by atomic mass is 10.1. The minimum Gasteiger partial charge on any atom is -0.352 e. The Kier molecular flexibility index (Phi) is 4.26. The zero-order valence-electron chi connectivity index (χ0n) is 11.5. The molecule has 7 nitrogen and oxygen atoms in total. The van der Waals surface area contributed by atoms with E-state index in [9.17, 15) is 23.3 Å². The van der Waals surface area contributed by atoms with Crippen molar-refractivity contribution in [2.75, 3.05) is 18.1 Å². The Hall–Kier alpha value is -1.96. The standard InChI is InChI=1S/C13H16N2O5S/c1-9-2-3-11(6-12(9)15(17)18)13(16)14-7-10-4-5-21(19,20)8-10/h2-3,6,10H,4-5,7-8H2,1H3,(H,14,16). The van der Waals surface area contributed by atoms with Gasteiger partial charge in [-0.2, -0.15) is 0 Å². The Morgan fingerprint density at radius 2 is 2.19 bits per heavy atom. The summed E-state index contributed by atoms with van der Waals surface area (Å²) < 4.78 is 22.7. The van der Waals surface area contributed by atoms with Gasteiger partial charge in [0.15, 0.2) is 9.84 Å². The van der Waals surface area contributed by atoms with Gasteiger partial charge in [0.25, 0.3) is 11.6 Å². The molecule has 1 saturated heterocycles. The SMILES string of the molecule is Cc1ccc(C(=O)NCC2CCS(=O)(=O)C2)cc1[N+](=O)[O-]. The first-order valence-electron chi connectivity index (χ1n) is 6.52. The smallest absolute Gasteiger partial charge is 0.273 e. The molecule has 1 aromatic carbocycles. The van der Waals surface area contributed by atoms with Gasteiger partial charge in [0.2, 0.25) is 0 Å². The van der Waals surface area contributed by atoms with Crippen LogP contribution >= 0.6 is 0 Å². The predicted octanol–water partition coefficient (Wildman–Crippen LogP) is 1.07. The third-order valence-electron chi connectivity index (χ3n) is 3.55. The fourth-order valence-electron chi connectivity index (χ4n) is 2.32. The van der Waals surface area contributed by atoms with Crippen molar-refractivity contribution < 1.29 is 18.1 Å². The average molecular weight is 312 g/mol. The van der Waals surface area contributed by atoms with Crippen molar-refractivity contribution in [1.82, 2.24) is 5.32 Å². The third-order valence-corrected chi connectivity index (χ3v) is 5.38. The van der Waals surface area contributed by atoms with Crippen molar-refractivity contribution in [2.24, 2.45) is 5.92 Å². The number of sulfone groups is 1. The number of hydrogen-bond acceptors (Lipinski definition) is 5. The zero-order valence-corrected chi connectivity index (χ0v) is 12.4. The number of amides is 1. The second-order valence-corrected chi connectivity index (χ2v) is 7.47. The van der Waals surface area contributed by atoms with Crippen molar-refractivity contribution >= 4 is 21.4 Å². The molecule has 2 rings (SSSR count). The number of nitrogens with zero attached hydrogens (tertiary/aromatic N) is 1. The van der Waals surface area contributed by atoms with E-state index in [0.29, 0.717) is 12.0 Å². The normalized spacial score (nSPS) is 20.1. The molecule has 1 heterocycles. The molecule has 8 heteroatoms. The van der Waals surface area contributed by atoms with Crippen LogP contribution in [0, 0.1) is 23.0 Å². The van der Waals surface area contributed by atoms with Crippen molar-refractivity contribution in [3.05, 3.63) is 39.4 Å². The first kappa shape index (κ1) is 15.4. The lowest BCUT2D eigenvalue weighted by molar-refractivity contribution is -0.385. The number of nitrogens with one attached hydrogen (secondary N) is 1. The molecule has 1 amide bonds. The Labute approximate surface area is 122 Å². The molecule has 0 spiro atoms. The van der Waals surface area contributed by atoms with Crippen LogP contribution in [0.5, 0.6) is 0 Å². The number of carbonyl (C=O) groups excluding carboxylic acids is 1. The van der Waals surface area contributed by atoms with Crippen LogP contribution in [0.15, 0.2) is 18.2 Å². The monoisotopic (exact) mass is 312 g/mol. The second-order valence-electron chi connectivity index (χ2n) is 5.24. The average Bonchev–Trinajstić information content (AvgIpc) is 2.75. The number of rotatable bonds is 4. The van der Waals surface area contributed by atoms with E-state index in [-0.39, 0.29) is 35.2 Å². The van der Waals surface area contributed by atoms with Gasteiger partial charge in [0.05, 0.1) is 16.4 Å². The van der Waals surface area contributed by atoms with E-state index < -0.39 is 20.7 Å². The molecular formula is C13H16N2O5S. The fraction of sp³-hybridized carbons (Fsp3) is 0.462. The number of nitro benzene ring substituents is 1. The highest BCUT2D eigenvalue weighted by Gasteiger charge is 2.28. The summed E-state index contributed by atoms with van der Waals surface area (Å²) in [6.45, 7) is 1.86. The topological polar surface area (TPSA) is 106 Å². The van der Waals surface area contributed by atoms with Gasteiger partial charge in [0, 0.05) is 23.7 Å². The van der Waals surface area contributed by atoms with Crippen LogP contribution in [0.4, 0.5) is 5.69 Å². The molecule has 114 valence electrons. The molecule has 1 fully saturated rings. The molecule has 1 N–H and O–H groups in total. The summed E-state index contributed by atoms with van der Waals surface area (Å²) in [6.07, 6.45) is 0.538. The molecule has 1 aromatic rings. The van der Waals surface area contributed by atoms with E-state index >= 15 is 0 Å². The molecule has 21 heavy (non-hydrogen) atoms. The number of aryl methyl sites for hydroxylation is 1. The van der Waals surface area contributed by atoms with Crippen LogP contribution in [0.1, 0.15) is 22.3 Å². The van der Waals surface area contributed by atoms with E-state index in [4.69, 9.17) is 0 Å². The van der Waals surface area contributed by atoms with Gasteiger partial charge in [-0.05, 0) is 25.3 Å². The van der Waals surface area contributed by atoms with Gasteiger partial charge in [-0.1, -0.05) is 6.07 Å². The first-order valence-corrected chi connectivity index (χ1v) is 8.34. The van der Waals surface area contributed by atoms with Gasteiger partial charge in [0.1, 0.15) is 0 Å². The van der Waals surface area contributed by atoms with E-state index in [1.165, 1.54) is 18.2 Å². The largest absolute Gasteiger partial charge is 0.352 e. The van der Waals surface area contributed by atoms with Gasteiger partial charge >= 0.3 is 0 Å². The molecule has 1 aliphatic heterocycles. The third kappa shape index (κ3) is 3.78. The number of carbonyl (C=O) groups is 1. The highest BCUT2D eigenvalue weighted by molar-refractivity contribution is 7.91. The molecule has 0 aliphatic carbocycles. The maximum Gasteiger partial charge on any atom is 0.273 e. The number of hydrogen-bond donors (Lipinski definition) is 1. The summed E-state index contributed by atoms with van der Waals surface area (Å²) in [5.41, 5.74) is 0.581. The molecule has 1 aliphatic rings. The van der Waals surface area contributed by atoms with E-state index in [0.717, 1.165) is 0 Å². The summed E-state index contributed by atoms with van der Waals surface area (Å²) in [5.74, 6) is -0.271. The van der Waals surface area contributed by atoms with E-state index in [1.807, 2.05) is 0 Å². The van der Waals surface area contributed by atoms with Gasteiger partial charge in [-0.15, -0.1) is 0 Å². The second kappa shape index (κ2) is 5.80. The van der Waals surface area contributed by atoms with E-state index in [2.05, 4.69) is 5.32 Å². The molecule has 0 saturated carbocycles. The van der Waals surface area contributed by atoms with Crippen molar-refractivity contribution in [3.8, 4) is 0 Å². The minimum atomic E-state index is -2.97. The van der Waals surface area contributed by atoms with Crippen LogP contribution < -0.4 is 5.32 Å². The molecule has 1 unspecified atom stereocenters. The maximum atomic E-state index is 12.0. The highest BCUT2D eigenvalue weighted by Crippen LogP contribution is 2.20. The van der Waals surface area contributed by atoms with Crippen molar-refractivity contribution in [1.29, 1.82) is 0 Å². The lowest BCUT2D eigenvalue weighted by Crippen LogP contribution is -2.29. The predicted molar refractivity (Wildman–Crippen MR) is 76.9 cm³/mol. The first-order chi connectivity index (χ1) is 9.78. The van der Waals surface area contributed by atoms with E-state index in [1.54, 1.807) is 6.92 Å². The highest BCUT2D eigenvalue weighted by atomic mass is 32.2. The summed E-state index contributed by atoms with van der Waals surface area (Å²) in [5, 5.41) is 13.5. The van der Waals surface area contributed by atoms with Gasteiger partial charge in [-0.25, -0.2) is 8.42 Å². The molecular weight excluding hydrogens is 296 g/mol. The van der Waals surface area contributed by atoms with Gasteiger partial charge in [-0.3, -0.25) is 14.9 Å². The van der Waals surface area contributed by atoms with Crippen LogP contribution in [0.3, 0.4) is 0 Å². The summed E-state index contributed by atoms with van der Waals surface area (Å²) in [4.78, 5) is 22.3. The summed E-state index contributed by atoms with van der Waals surface area (Å²) >= 11 is 0. The molecule has 1 atom stereocenters. The minimum absolute atomic E-state index is 0.0839. The zero-order chi connectivity index (χ0) is 15.6. The fourth-order valence-corrected chi connectivity index (χ4v) is 4.18. The molecule has 0 bridgehead atoms. The Balaban J connectivity index is 2.01. The van der Waals surface area contributed by atoms with Crippen molar-refractivity contribution in [2.45, 2.75) is 13.3 Å². The quantitative estimate of drug-likeness (QED) is 0.661. The van der Waals surface area contributed by atoms with Gasteiger partial charge < -0.3 is 5.32 Å². The van der Waals surface area contributed by atoms with Crippen LogP contribution in [-0.4, -0.2) is 37.3 Å². The molecule has 0 aromatic heterocycles. The summed E-state index contributed by atoms with van der Waals surface area (Å²) in [6, 6.07) is 4.27. The Bertz CT molecular complexity index is 684. The number of nitro groups is 1. The summed E-state index contributed by atoms with van der Waals surface area (Å²) in [7, 11) is -2.97. The Morgan fingerprint density at radius 1 is 1.48 bits per heavy atom. The molecule has 0 radical (unpaired) electrons. The Morgan fingerprint density at radius 3 is 2.76 bits per heavy atom. The van der Waals surface area contributed by atoms with Crippen LogP contribution in [-0.2, 0) is 9.84 Å². The van der Waals surface area contributed by atoms with Crippen LogP contribution in [0.25, 0.3) is 0 Å². The maximum absolute atomic E-state index is 12.0. The van der Waals surface area contributed by atoms with Crippen LogP contribution in [0.2, 0.25) is 0 Å². The van der Waals surface area contributed by atoms with Crippen molar-refractivity contribution in [3.63, 3.8) is 0 Å². The number of benzene rings is 1. The lowest BCUT2D eigenvalue weighted by Gasteiger charge is -2.10.